The topological polar surface area (TPSA) is 78.9 Å². The lowest BCUT2D eigenvalue weighted by molar-refractivity contribution is 0.425. The number of hydrogen-bond donors (Lipinski definition) is 2. The molecule has 7 nitrogen and oxygen atoms in total. The normalized spacial score (nSPS) is 10.9. The van der Waals surface area contributed by atoms with E-state index < -0.39 is 0 Å². The molecule has 0 saturated heterocycles. The average molecular weight is 309 g/mol. The summed E-state index contributed by atoms with van der Waals surface area (Å²) in [5.74, 6) is 1.18. The number of rotatable bonds is 6. The van der Waals surface area contributed by atoms with Crippen LogP contribution >= 0.6 is 0 Å². The van der Waals surface area contributed by atoms with Crippen LogP contribution in [0.3, 0.4) is 0 Å². The minimum absolute atomic E-state index is 0.540. The lowest BCUT2D eigenvalue weighted by Crippen LogP contribution is -2.21. The van der Waals surface area contributed by atoms with Gasteiger partial charge in [0.1, 0.15) is 0 Å². The van der Waals surface area contributed by atoms with E-state index in [2.05, 4.69) is 35.5 Å². The van der Waals surface area contributed by atoms with Crippen LogP contribution in [0.2, 0.25) is 0 Å². The summed E-state index contributed by atoms with van der Waals surface area (Å²) < 4.78 is 0. The van der Waals surface area contributed by atoms with Gasteiger partial charge in [-0.05, 0) is 26.2 Å². The monoisotopic (exact) mass is 309 g/mol. The molecule has 0 aliphatic rings. The quantitative estimate of drug-likeness (QED) is 0.722. The molecule has 0 saturated carbocycles. The van der Waals surface area contributed by atoms with Gasteiger partial charge in [0.2, 0.25) is 5.95 Å². The van der Waals surface area contributed by atoms with Gasteiger partial charge in [-0.25, -0.2) is 9.97 Å². The Balaban J connectivity index is 1.91. The third-order valence-corrected chi connectivity index (χ3v) is 3.21. The molecule has 2 heterocycles. The summed E-state index contributed by atoms with van der Waals surface area (Å²) in [5, 5.41) is 6.51. The molecule has 0 aliphatic carbocycles. The Labute approximate surface area is 134 Å². The van der Waals surface area contributed by atoms with Gasteiger partial charge in [-0.2, -0.15) is 9.97 Å². The van der Waals surface area contributed by atoms with Crippen molar-refractivity contribution in [1.82, 2.24) is 24.8 Å². The number of para-hydroxylation sites is 1. The van der Waals surface area contributed by atoms with Gasteiger partial charge in [0.25, 0.3) is 0 Å². The molecule has 2 N–H and O–H groups in total. The third kappa shape index (κ3) is 3.89. The maximum Gasteiger partial charge on any atom is 0.226 e. The van der Waals surface area contributed by atoms with Crippen molar-refractivity contribution in [3.8, 4) is 0 Å². The van der Waals surface area contributed by atoms with Crippen molar-refractivity contribution >= 4 is 28.6 Å². The van der Waals surface area contributed by atoms with Gasteiger partial charge >= 0.3 is 0 Å². The smallest absolute Gasteiger partial charge is 0.226 e. The maximum absolute atomic E-state index is 4.54. The van der Waals surface area contributed by atoms with Crippen LogP contribution in [0, 0.1) is 0 Å². The molecule has 118 valence electrons. The number of benzene rings is 1. The molecule has 0 fully saturated rings. The molecule has 23 heavy (non-hydrogen) atoms. The minimum Gasteiger partial charge on any atom is -0.353 e. The van der Waals surface area contributed by atoms with Crippen molar-refractivity contribution in [1.29, 1.82) is 0 Å². The fourth-order valence-electron chi connectivity index (χ4n) is 2.08. The Hall–Kier alpha value is -2.80. The molecule has 0 radical (unpaired) electrons. The number of nitrogens with one attached hydrogen (secondary N) is 2. The van der Waals surface area contributed by atoms with Crippen molar-refractivity contribution in [2.24, 2.45) is 0 Å². The van der Waals surface area contributed by atoms with E-state index in [0.29, 0.717) is 22.9 Å². The fourth-order valence-corrected chi connectivity index (χ4v) is 2.08. The predicted molar refractivity (Wildman–Crippen MR) is 91.9 cm³/mol. The second-order valence-corrected chi connectivity index (χ2v) is 5.35. The summed E-state index contributed by atoms with van der Waals surface area (Å²) in [7, 11) is 4.05. The molecule has 0 spiro atoms. The van der Waals surface area contributed by atoms with Crippen LogP contribution in [0.1, 0.15) is 0 Å². The first-order valence-electron chi connectivity index (χ1n) is 7.42. The van der Waals surface area contributed by atoms with E-state index in [1.165, 1.54) is 0 Å². The Kier molecular flexibility index (Phi) is 4.58. The minimum atomic E-state index is 0.540. The molecule has 7 heteroatoms. The molecule has 3 aromatic rings. The van der Waals surface area contributed by atoms with Gasteiger partial charge in [-0.1, -0.05) is 18.2 Å². The predicted octanol–water partition coefficient (Wildman–Crippen LogP) is 2.14. The zero-order chi connectivity index (χ0) is 16.1. The van der Waals surface area contributed by atoms with E-state index in [4.69, 9.17) is 0 Å². The van der Waals surface area contributed by atoms with Crippen LogP contribution in [0.5, 0.6) is 0 Å². The van der Waals surface area contributed by atoms with Gasteiger partial charge in [0.15, 0.2) is 17.0 Å². The van der Waals surface area contributed by atoms with Crippen molar-refractivity contribution in [3.63, 3.8) is 0 Å². The first-order valence-corrected chi connectivity index (χ1v) is 7.42. The number of aromatic nitrogens is 4. The number of likely N-dealkylation sites (N-methyl/N-ethyl adjacent to an activating group) is 1. The van der Waals surface area contributed by atoms with Crippen LogP contribution in [-0.2, 0) is 0 Å². The molecule has 2 aromatic heterocycles. The van der Waals surface area contributed by atoms with Gasteiger partial charge in [-0.15, -0.1) is 0 Å². The molecule has 3 rings (SSSR count). The lowest BCUT2D eigenvalue weighted by atomic mass is 10.3. The largest absolute Gasteiger partial charge is 0.353 e. The van der Waals surface area contributed by atoms with Crippen LogP contribution in [0.4, 0.5) is 17.5 Å². The third-order valence-electron chi connectivity index (χ3n) is 3.21. The fraction of sp³-hybridized carbons (Fsp3) is 0.250. The van der Waals surface area contributed by atoms with Gasteiger partial charge in [-0.3, -0.25) is 0 Å². The standard InChI is InChI=1S/C16H19N7/c1-23(2)11-10-19-16-21-14-13(17-8-9-18-14)15(22-16)20-12-6-4-3-5-7-12/h3-9H,10-11H2,1-2H3,(H2,18,19,20,21,22). The molecule has 0 unspecified atom stereocenters. The number of fused-ring (bicyclic) bond motifs is 1. The van der Waals surface area contributed by atoms with Gasteiger partial charge < -0.3 is 15.5 Å². The van der Waals surface area contributed by atoms with E-state index >= 15 is 0 Å². The summed E-state index contributed by atoms with van der Waals surface area (Å²) in [6.45, 7) is 1.65. The Morgan fingerprint density at radius 2 is 1.78 bits per heavy atom. The first-order chi connectivity index (χ1) is 11.2. The van der Waals surface area contributed by atoms with Crippen LogP contribution in [0.25, 0.3) is 11.2 Å². The van der Waals surface area contributed by atoms with Crippen LogP contribution in [-0.4, -0.2) is 52.0 Å². The summed E-state index contributed by atoms with van der Waals surface area (Å²) >= 11 is 0. The van der Waals surface area contributed by atoms with E-state index in [-0.39, 0.29) is 0 Å². The highest BCUT2D eigenvalue weighted by molar-refractivity contribution is 5.85. The number of hydrogen-bond acceptors (Lipinski definition) is 7. The van der Waals surface area contributed by atoms with Crippen molar-refractivity contribution in [3.05, 3.63) is 42.7 Å². The first kappa shape index (κ1) is 15.1. The zero-order valence-corrected chi connectivity index (χ0v) is 13.2. The number of nitrogens with zero attached hydrogens (tertiary/aromatic N) is 5. The highest BCUT2D eigenvalue weighted by atomic mass is 15.2. The van der Waals surface area contributed by atoms with Crippen LogP contribution < -0.4 is 10.6 Å². The number of anilines is 3. The Morgan fingerprint density at radius 3 is 2.57 bits per heavy atom. The second-order valence-electron chi connectivity index (χ2n) is 5.35. The van der Waals surface area contributed by atoms with Crippen molar-refractivity contribution in [2.45, 2.75) is 0 Å². The van der Waals surface area contributed by atoms with E-state index in [1.54, 1.807) is 12.4 Å². The van der Waals surface area contributed by atoms with E-state index in [0.717, 1.165) is 18.8 Å². The summed E-state index contributed by atoms with van der Waals surface area (Å²) in [5.41, 5.74) is 2.15. The van der Waals surface area contributed by atoms with Crippen molar-refractivity contribution < 1.29 is 0 Å². The van der Waals surface area contributed by atoms with Crippen LogP contribution in [0.15, 0.2) is 42.7 Å². The molecular weight excluding hydrogens is 290 g/mol. The lowest BCUT2D eigenvalue weighted by Gasteiger charge is -2.12. The Morgan fingerprint density at radius 1 is 1.00 bits per heavy atom. The second kappa shape index (κ2) is 6.97. The summed E-state index contributed by atoms with van der Waals surface area (Å²) in [6.07, 6.45) is 3.27. The molecular formula is C16H19N7. The van der Waals surface area contributed by atoms with E-state index in [9.17, 15) is 0 Å². The summed E-state index contributed by atoms with van der Waals surface area (Å²) in [6, 6.07) is 9.85. The molecule has 0 bridgehead atoms. The van der Waals surface area contributed by atoms with E-state index in [1.807, 2.05) is 44.4 Å². The highest BCUT2D eigenvalue weighted by Crippen LogP contribution is 2.21. The highest BCUT2D eigenvalue weighted by Gasteiger charge is 2.10. The average Bonchev–Trinajstić information content (AvgIpc) is 2.55. The zero-order valence-electron chi connectivity index (χ0n) is 13.2. The molecule has 0 aliphatic heterocycles. The van der Waals surface area contributed by atoms with Crippen molar-refractivity contribution in [2.75, 3.05) is 37.8 Å². The summed E-state index contributed by atoms with van der Waals surface area (Å²) in [4.78, 5) is 19.7. The Bertz CT molecular complexity index is 774. The van der Waals surface area contributed by atoms with Gasteiger partial charge in [0, 0.05) is 31.2 Å². The SMILES string of the molecule is CN(C)CCNc1nc(Nc2ccccc2)c2nccnc2n1. The van der Waals surface area contributed by atoms with Gasteiger partial charge in [0.05, 0.1) is 0 Å². The maximum atomic E-state index is 4.54. The molecule has 0 amide bonds. The molecule has 0 atom stereocenters. The molecule has 1 aromatic carbocycles.